The third kappa shape index (κ3) is 4.85. The Morgan fingerprint density at radius 2 is 2.33 bits per heavy atom. The standard InChI is InChI=1S/C12H21N3O3/c1-12(2,17-3)4-5-18-11(16)10(13)6-9-7-14-8-15-9/h7-8,10H,4-6,13H2,1-3H3,(H,14,15). The number of hydrogen-bond acceptors (Lipinski definition) is 5. The molecule has 0 saturated heterocycles. The van der Waals surface area contributed by atoms with Gasteiger partial charge in [0.15, 0.2) is 0 Å². The van der Waals surface area contributed by atoms with Gasteiger partial charge in [0.05, 0.1) is 18.5 Å². The van der Waals surface area contributed by atoms with Gasteiger partial charge in [-0.15, -0.1) is 0 Å². The van der Waals surface area contributed by atoms with Crippen molar-refractivity contribution < 1.29 is 14.3 Å². The Balaban J connectivity index is 2.28. The van der Waals surface area contributed by atoms with Crippen LogP contribution in [0.3, 0.4) is 0 Å². The second kappa shape index (κ2) is 6.51. The molecule has 0 radical (unpaired) electrons. The van der Waals surface area contributed by atoms with Gasteiger partial charge in [-0.3, -0.25) is 4.79 Å². The van der Waals surface area contributed by atoms with Crippen LogP contribution in [0, 0.1) is 0 Å². The van der Waals surface area contributed by atoms with Crippen LogP contribution in [-0.4, -0.2) is 41.3 Å². The molecule has 1 aromatic rings. The summed E-state index contributed by atoms with van der Waals surface area (Å²) in [5.41, 5.74) is 6.26. The molecule has 3 N–H and O–H groups in total. The molecular formula is C12H21N3O3. The summed E-state index contributed by atoms with van der Waals surface area (Å²) >= 11 is 0. The quantitative estimate of drug-likeness (QED) is 0.698. The number of nitrogens with two attached hydrogens (primary N) is 1. The molecule has 1 aromatic heterocycles. The summed E-state index contributed by atoms with van der Waals surface area (Å²) in [6, 6.07) is -0.670. The average molecular weight is 255 g/mol. The zero-order valence-electron chi connectivity index (χ0n) is 11.1. The molecule has 1 rings (SSSR count). The lowest BCUT2D eigenvalue weighted by Crippen LogP contribution is -2.35. The van der Waals surface area contributed by atoms with E-state index in [9.17, 15) is 4.79 Å². The molecule has 0 aromatic carbocycles. The van der Waals surface area contributed by atoms with E-state index in [4.69, 9.17) is 15.2 Å². The highest BCUT2D eigenvalue weighted by atomic mass is 16.5. The normalized spacial score (nSPS) is 13.3. The SMILES string of the molecule is COC(C)(C)CCOC(=O)C(N)Cc1cnc[nH]1. The van der Waals surface area contributed by atoms with Gasteiger partial charge in [0, 0.05) is 31.8 Å². The van der Waals surface area contributed by atoms with Crippen molar-refractivity contribution in [3.63, 3.8) is 0 Å². The van der Waals surface area contributed by atoms with Crippen molar-refractivity contribution >= 4 is 5.97 Å². The van der Waals surface area contributed by atoms with Crippen molar-refractivity contribution in [2.45, 2.75) is 38.3 Å². The molecule has 18 heavy (non-hydrogen) atoms. The molecule has 0 bridgehead atoms. The van der Waals surface area contributed by atoms with Crippen molar-refractivity contribution in [2.24, 2.45) is 5.73 Å². The number of hydrogen-bond donors (Lipinski definition) is 2. The van der Waals surface area contributed by atoms with Gasteiger partial charge < -0.3 is 20.2 Å². The van der Waals surface area contributed by atoms with Gasteiger partial charge in [-0.25, -0.2) is 4.98 Å². The fraction of sp³-hybridized carbons (Fsp3) is 0.667. The first kappa shape index (κ1) is 14.7. The van der Waals surface area contributed by atoms with E-state index in [0.29, 0.717) is 19.4 Å². The Kier molecular flexibility index (Phi) is 5.30. The van der Waals surface area contributed by atoms with Crippen LogP contribution in [0.1, 0.15) is 26.0 Å². The number of imidazole rings is 1. The van der Waals surface area contributed by atoms with Gasteiger partial charge in [-0.2, -0.15) is 0 Å². The van der Waals surface area contributed by atoms with E-state index in [1.165, 1.54) is 0 Å². The van der Waals surface area contributed by atoms with E-state index in [1.54, 1.807) is 19.6 Å². The number of aromatic nitrogens is 2. The maximum Gasteiger partial charge on any atom is 0.323 e. The molecule has 0 aliphatic carbocycles. The number of nitrogens with zero attached hydrogens (tertiary/aromatic N) is 1. The van der Waals surface area contributed by atoms with E-state index in [2.05, 4.69) is 9.97 Å². The summed E-state index contributed by atoms with van der Waals surface area (Å²) in [6.45, 7) is 4.17. The highest BCUT2D eigenvalue weighted by Crippen LogP contribution is 2.12. The first-order chi connectivity index (χ1) is 8.44. The molecule has 1 heterocycles. The van der Waals surface area contributed by atoms with Crippen molar-refractivity contribution in [3.05, 3.63) is 18.2 Å². The van der Waals surface area contributed by atoms with Crippen molar-refractivity contribution in [1.82, 2.24) is 9.97 Å². The summed E-state index contributed by atoms with van der Waals surface area (Å²) in [5, 5.41) is 0. The molecule has 0 aliphatic rings. The van der Waals surface area contributed by atoms with Crippen LogP contribution in [0.25, 0.3) is 0 Å². The Bertz CT molecular complexity index is 363. The average Bonchev–Trinajstić information content (AvgIpc) is 2.81. The molecule has 0 fully saturated rings. The van der Waals surface area contributed by atoms with Crippen LogP contribution in [0.2, 0.25) is 0 Å². The van der Waals surface area contributed by atoms with Crippen LogP contribution in [0.15, 0.2) is 12.5 Å². The predicted molar refractivity (Wildman–Crippen MR) is 66.9 cm³/mol. The summed E-state index contributed by atoms with van der Waals surface area (Å²) in [7, 11) is 1.63. The van der Waals surface area contributed by atoms with Gasteiger partial charge in [0.1, 0.15) is 6.04 Å². The van der Waals surface area contributed by atoms with E-state index in [-0.39, 0.29) is 5.60 Å². The largest absolute Gasteiger partial charge is 0.464 e. The number of ether oxygens (including phenoxy) is 2. The maximum atomic E-state index is 11.6. The molecule has 0 amide bonds. The van der Waals surface area contributed by atoms with E-state index in [1.807, 2.05) is 13.8 Å². The van der Waals surface area contributed by atoms with E-state index < -0.39 is 12.0 Å². The monoisotopic (exact) mass is 255 g/mol. The van der Waals surface area contributed by atoms with Gasteiger partial charge >= 0.3 is 5.97 Å². The summed E-state index contributed by atoms with van der Waals surface area (Å²) < 4.78 is 10.3. The number of methoxy groups -OCH3 is 1. The zero-order valence-corrected chi connectivity index (χ0v) is 11.1. The molecule has 6 heteroatoms. The Labute approximate surface area is 107 Å². The first-order valence-electron chi connectivity index (χ1n) is 5.89. The topological polar surface area (TPSA) is 90.2 Å². The van der Waals surface area contributed by atoms with E-state index >= 15 is 0 Å². The van der Waals surface area contributed by atoms with Crippen molar-refractivity contribution in [1.29, 1.82) is 0 Å². The lowest BCUT2D eigenvalue weighted by Gasteiger charge is -2.22. The Morgan fingerprint density at radius 3 is 2.89 bits per heavy atom. The van der Waals surface area contributed by atoms with Crippen LogP contribution < -0.4 is 5.73 Å². The minimum Gasteiger partial charge on any atom is -0.464 e. The third-order valence-corrected chi connectivity index (χ3v) is 2.80. The number of aromatic amines is 1. The molecule has 6 nitrogen and oxygen atoms in total. The lowest BCUT2D eigenvalue weighted by atomic mass is 10.1. The van der Waals surface area contributed by atoms with E-state index in [0.717, 1.165) is 5.69 Å². The molecular weight excluding hydrogens is 234 g/mol. The molecule has 1 atom stereocenters. The third-order valence-electron chi connectivity index (χ3n) is 2.80. The second-order valence-electron chi connectivity index (χ2n) is 4.77. The van der Waals surface area contributed by atoms with Crippen LogP contribution >= 0.6 is 0 Å². The first-order valence-corrected chi connectivity index (χ1v) is 5.89. The van der Waals surface area contributed by atoms with Crippen molar-refractivity contribution in [2.75, 3.05) is 13.7 Å². The molecule has 102 valence electrons. The van der Waals surface area contributed by atoms with Crippen molar-refractivity contribution in [3.8, 4) is 0 Å². The number of carbonyl (C=O) groups is 1. The molecule has 1 unspecified atom stereocenters. The summed E-state index contributed by atoms with van der Waals surface area (Å²) in [6.07, 6.45) is 4.22. The minimum absolute atomic E-state index is 0.298. The van der Waals surface area contributed by atoms with Crippen LogP contribution in [0.4, 0.5) is 0 Å². The number of carbonyl (C=O) groups excluding carboxylic acids is 1. The fourth-order valence-corrected chi connectivity index (χ4v) is 1.32. The Morgan fingerprint density at radius 1 is 1.61 bits per heavy atom. The smallest absolute Gasteiger partial charge is 0.323 e. The fourth-order valence-electron chi connectivity index (χ4n) is 1.32. The minimum atomic E-state index is -0.670. The molecule has 0 saturated carbocycles. The number of rotatable bonds is 7. The van der Waals surface area contributed by atoms with Gasteiger partial charge in [-0.05, 0) is 13.8 Å². The second-order valence-corrected chi connectivity index (χ2v) is 4.77. The Hall–Kier alpha value is -1.40. The summed E-state index contributed by atoms with van der Waals surface area (Å²) in [4.78, 5) is 18.4. The lowest BCUT2D eigenvalue weighted by molar-refractivity contribution is -0.146. The van der Waals surface area contributed by atoms with Crippen LogP contribution in [0.5, 0.6) is 0 Å². The van der Waals surface area contributed by atoms with Gasteiger partial charge in [0.2, 0.25) is 0 Å². The van der Waals surface area contributed by atoms with Crippen LogP contribution in [-0.2, 0) is 20.7 Å². The predicted octanol–water partition coefficient (Wildman–Crippen LogP) is 0.638. The zero-order chi connectivity index (χ0) is 13.6. The summed E-state index contributed by atoms with van der Waals surface area (Å²) in [5.74, 6) is -0.406. The number of esters is 1. The van der Waals surface area contributed by atoms with Gasteiger partial charge in [-0.1, -0.05) is 0 Å². The van der Waals surface area contributed by atoms with Gasteiger partial charge in [0.25, 0.3) is 0 Å². The highest BCUT2D eigenvalue weighted by molar-refractivity contribution is 5.75. The number of nitrogens with one attached hydrogen (secondary N) is 1. The molecule has 0 aliphatic heterocycles. The number of H-pyrrole nitrogens is 1. The maximum absolute atomic E-state index is 11.6. The highest BCUT2D eigenvalue weighted by Gasteiger charge is 2.20. The molecule has 0 spiro atoms.